The third kappa shape index (κ3) is 5.18. The van der Waals surface area contributed by atoms with Crippen molar-refractivity contribution < 1.29 is 8.78 Å². The monoisotopic (exact) mass is 604 g/mol. The minimum atomic E-state index is -0.637. The Morgan fingerprint density at radius 1 is 1.00 bits per heavy atom. The maximum atomic E-state index is 14.9. The maximum Gasteiger partial charge on any atom is 0.229 e. The number of halogens is 3. The van der Waals surface area contributed by atoms with Crippen molar-refractivity contribution in [3.8, 4) is 11.3 Å². The van der Waals surface area contributed by atoms with E-state index in [-0.39, 0.29) is 23.2 Å². The highest BCUT2D eigenvalue weighted by atomic mass is 127. The lowest BCUT2D eigenvalue weighted by molar-refractivity contribution is 0.198. The van der Waals surface area contributed by atoms with Gasteiger partial charge in [0, 0.05) is 73.4 Å². The molecular weight excluding hydrogens is 577 g/mol. The lowest BCUT2D eigenvalue weighted by atomic mass is 10.1. The molecule has 1 aliphatic heterocycles. The highest BCUT2D eigenvalue weighted by Crippen LogP contribution is 2.30. The Kier molecular flexibility index (Phi) is 7.13. The SMILES string of the molecule is Cc1nc2c(F)cc(-c3nc(Nc4ccc(CN5CCN(I)CC5)cn4)ncc3F)cc2n1C(C)C. The van der Waals surface area contributed by atoms with Crippen molar-refractivity contribution in [1.82, 2.24) is 32.5 Å². The Balaban J connectivity index is 1.38. The van der Waals surface area contributed by atoms with Crippen molar-refractivity contribution in [2.45, 2.75) is 33.4 Å². The zero-order valence-corrected chi connectivity index (χ0v) is 22.5. The molecule has 0 radical (unpaired) electrons. The zero-order valence-electron chi connectivity index (χ0n) is 20.3. The Morgan fingerprint density at radius 2 is 1.78 bits per heavy atom. The molecule has 36 heavy (non-hydrogen) atoms. The van der Waals surface area contributed by atoms with Crippen molar-refractivity contribution in [3.63, 3.8) is 0 Å². The van der Waals surface area contributed by atoms with Crippen molar-refractivity contribution >= 4 is 45.7 Å². The smallest absolute Gasteiger partial charge is 0.229 e. The number of aromatic nitrogens is 5. The number of piperazine rings is 1. The Labute approximate surface area is 222 Å². The molecule has 8 nitrogen and oxygen atoms in total. The molecule has 5 rings (SSSR count). The molecule has 4 heterocycles. The van der Waals surface area contributed by atoms with Gasteiger partial charge in [-0.1, -0.05) is 6.07 Å². The molecule has 1 aromatic carbocycles. The molecule has 188 valence electrons. The summed E-state index contributed by atoms with van der Waals surface area (Å²) in [5.74, 6) is 0.266. The summed E-state index contributed by atoms with van der Waals surface area (Å²) in [4.78, 5) is 19.6. The van der Waals surface area contributed by atoms with E-state index in [9.17, 15) is 8.78 Å². The highest BCUT2D eigenvalue weighted by molar-refractivity contribution is 14.1. The van der Waals surface area contributed by atoms with Crippen LogP contribution in [-0.4, -0.2) is 58.7 Å². The molecule has 1 aliphatic rings. The molecule has 4 aromatic rings. The molecule has 1 N–H and O–H groups in total. The van der Waals surface area contributed by atoms with Gasteiger partial charge in [-0.25, -0.2) is 31.8 Å². The van der Waals surface area contributed by atoms with Crippen LogP contribution in [0.1, 0.15) is 31.3 Å². The second kappa shape index (κ2) is 10.3. The van der Waals surface area contributed by atoms with Crippen LogP contribution in [-0.2, 0) is 6.54 Å². The lowest BCUT2D eigenvalue weighted by Crippen LogP contribution is -2.41. The van der Waals surface area contributed by atoms with E-state index in [4.69, 9.17) is 0 Å². The fraction of sp³-hybridized carbons (Fsp3) is 0.360. The van der Waals surface area contributed by atoms with Crippen LogP contribution < -0.4 is 5.32 Å². The van der Waals surface area contributed by atoms with Gasteiger partial charge in [-0.05, 0) is 44.5 Å². The van der Waals surface area contributed by atoms with Crippen LogP contribution in [0.25, 0.3) is 22.3 Å². The van der Waals surface area contributed by atoms with Crippen LogP contribution in [0.15, 0.2) is 36.7 Å². The minimum absolute atomic E-state index is 0.00786. The molecular formula is C25H27F2IN8. The Morgan fingerprint density at radius 3 is 2.47 bits per heavy atom. The second-order valence-corrected chi connectivity index (χ2v) is 10.6. The van der Waals surface area contributed by atoms with E-state index >= 15 is 0 Å². The predicted octanol–water partition coefficient (Wildman–Crippen LogP) is 5.27. The first-order chi connectivity index (χ1) is 17.3. The van der Waals surface area contributed by atoms with Crippen LogP contribution in [0.3, 0.4) is 0 Å². The number of nitrogens with one attached hydrogen (secondary N) is 1. The molecule has 0 amide bonds. The second-order valence-electron chi connectivity index (χ2n) is 9.20. The quantitative estimate of drug-likeness (QED) is 0.238. The minimum Gasteiger partial charge on any atom is -0.326 e. The van der Waals surface area contributed by atoms with E-state index in [1.54, 1.807) is 6.07 Å². The molecule has 0 unspecified atom stereocenters. The number of anilines is 2. The van der Waals surface area contributed by atoms with Crippen molar-refractivity contribution in [3.05, 3.63) is 59.7 Å². The standard InChI is InChI=1S/C25H27F2IN8/c1-15(2)36-16(3)31-24-19(26)10-18(11-21(24)36)23-20(27)13-30-25(33-23)32-22-5-4-17(12-29-22)14-34-6-8-35(28)9-7-34/h4-5,10-13,15H,6-9,14H2,1-3H3,(H,29,30,32,33). The van der Waals surface area contributed by atoms with Crippen LogP contribution in [0.4, 0.5) is 20.5 Å². The first-order valence-corrected chi connectivity index (χ1v) is 12.8. The van der Waals surface area contributed by atoms with Crippen LogP contribution in [0.2, 0.25) is 0 Å². The number of hydrogen-bond acceptors (Lipinski definition) is 7. The van der Waals surface area contributed by atoms with Gasteiger partial charge in [-0.15, -0.1) is 0 Å². The third-order valence-electron chi connectivity index (χ3n) is 6.25. The first-order valence-electron chi connectivity index (χ1n) is 11.8. The number of pyridine rings is 1. The summed E-state index contributed by atoms with van der Waals surface area (Å²) in [6, 6.07) is 6.92. The molecule has 0 atom stereocenters. The molecule has 0 aliphatic carbocycles. The van der Waals surface area contributed by atoms with E-state index in [1.807, 2.05) is 43.7 Å². The average Bonchev–Trinajstić information content (AvgIpc) is 3.19. The van der Waals surface area contributed by atoms with Gasteiger partial charge in [0.1, 0.15) is 22.9 Å². The number of aryl methyl sites for hydroxylation is 1. The van der Waals surface area contributed by atoms with Crippen LogP contribution in [0, 0.1) is 18.6 Å². The number of fused-ring (bicyclic) bond motifs is 1. The van der Waals surface area contributed by atoms with Crippen LogP contribution in [0.5, 0.6) is 0 Å². The maximum absolute atomic E-state index is 14.9. The zero-order chi connectivity index (χ0) is 25.4. The van der Waals surface area contributed by atoms with Crippen molar-refractivity contribution in [2.24, 2.45) is 0 Å². The molecule has 1 saturated heterocycles. The Bertz CT molecular complexity index is 1380. The summed E-state index contributed by atoms with van der Waals surface area (Å²) in [5, 5.41) is 3.03. The predicted molar refractivity (Wildman–Crippen MR) is 144 cm³/mol. The van der Waals surface area contributed by atoms with Gasteiger partial charge < -0.3 is 9.88 Å². The van der Waals surface area contributed by atoms with Crippen molar-refractivity contribution in [1.29, 1.82) is 0 Å². The topological polar surface area (TPSA) is 75.0 Å². The van der Waals surface area contributed by atoms with E-state index in [0.29, 0.717) is 22.7 Å². The number of nitrogens with zero attached hydrogens (tertiary/aromatic N) is 7. The normalized spacial score (nSPS) is 15.2. The lowest BCUT2D eigenvalue weighted by Gasteiger charge is -2.31. The van der Waals surface area contributed by atoms with Gasteiger partial charge in [-0.2, -0.15) is 0 Å². The number of benzene rings is 1. The number of imidazole rings is 1. The molecule has 0 bridgehead atoms. The summed E-state index contributed by atoms with van der Waals surface area (Å²) in [6.07, 6.45) is 2.90. The number of rotatable bonds is 6. The van der Waals surface area contributed by atoms with E-state index in [1.165, 1.54) is 6.07 Å². The molecule has 3 aromatic heterocycles. The van der Waals surface area contributed by atoms with Gasteiger partial charge in [0.15, 0.2) is 11.6 Å². The molecule has 0 saturated carbocycles. The Hall–Kier alpha value is -2.77. The van der Waals surface area contributed by atoms with Crippen LogP contribution >= 0.6 is 22.9 Å². The first kappa shape index (κ1) is 24.9. The van der Waals surface area contributed by atoms with E-state index in [2.05, 4.69) is 56.1 Å². The fourth-order valence-corrected chi connectivity index (χ4v) is 4.96. The van der Waals surface area contributed by atoms with E-state index < -0.39 is 11.6 Å². The summed E-state index contributed by atoms with van der Waals surface area (Å²) >= 11 is 2.36. The van der Waals surface area contributed by atoms with Crippen molar-refractivity contribution in [2.75, 3.05) is 31.5 Å². The molecule has 1 fully saturated rings. The van der Waals surface area contributed by atoms with Gasteiger partial charge in [0.25, 0.3) is 0 Å². The van der Waals surface area contributed by atoms with Gasteiger partial charge in [0.2, 0.25) is 5.95 Å². The highest BCUT2D eigenvalue weighted by Gasteiger charge is 2.19. The summed E-state index contributed by atoms with van der Waals surface area (Å²) in [7, 11) is 0. The summed E-state index contributed by atoms with van der Waals surface area (Å²) in [6.45, 7) is 10.8. The van der Waals surface area contributed by atoms with Gasteiger partial charge in [-0.3, -0.25) is 4.90 Å². The van der Waals surface area contributed by atoms with Gasteiger partial charge >= 0.3 is 0 Å². The number of hydrogen-bond donors (Lipinski definition) is 1. The molecule has 11 heteroatoms. The summed E-state index contributed by atoms with van der Waals surface area (Å²) in [5.41, 5.74) is 2.30. The average molecular weight is 604 g/mol. The largest absolute Gasteiger partial charge is 0.326 e. The fourth-order valence-electron chi connectivity index (χ4n) is 4.53. The molecule has 0 spiro atoms. The summed E-state index contributed by atoms with van der Waals surface area (Å²) < 4.78 is 33.9. The van der Waals surface area contributed by atoms with E-state index in [0.717, 1.165) is 44.5 Å². The third-order valence-corrected chi connectivity index (χ3v) is 7.21. The van der Waals surface area contributed by atoms with Gasteiger partial charge in [0.05, 0.1) is 11.7 Å².